The van der Waals surface area contributed by atoms with Gasteiger partial charge in [-0.3, -0.25) is 0 Å². The Hall–Kier alpha value is -2.30. The Labute approximate surface area is 105 Å². The van der Waals surface area contributed by atoms with Gasteiger partial charge in [0.2, 0.25) is 0 Å². The van der Waals surface area contributed by atoms with Gasteiger partial charge < -0.3 is 15.0 Å². The Kier molecular flexibility index (Phi) is 3.62. The van der Waals surface area contributed by atoms with Crippen molar-refractivity contribution in [3.8, 4) is 0 Å². The van der Waals surface area contributed by atoms with E-state index in [0.717, 1.165) is 6.42 Å². The van der Waals surface area contributed by atoms with Gasteiger partial charge in [0, 0.05) is 18.4 Å². The summed E-state index contributed by atoms with van der Waals surface area (Å²) in [4.78, 5) is 24.6. The van der Waals surface area contributed by atoms with Crippen LogP contribution in [0.2, 0.25) is 0 Å². The molecule has 1 aliphatic rings. The molecule has 0 radical (unpaired) electrons. The van der Waals surface area contributed by atoms with E-state index in [0.29, 0.717) is 17.8 Å². The second kappa shape index (κ2) is 5.35. The first-order valence-corrected chi connectivity index (χ1v) is 5.63. The number of nitrogens with zero attached hydrogens (tertiary/aromatic N) is 1. The molecule has 2 amide bonds. The van der Waals surface area contributed by atoms with Crippen LogP contribution in [0.3, 0.4) is 0 Å². The maximum atomic E-state index is 11.8. The molecule has 0 saturated carbocycles. The van der Waals surface area contributed by atoms with E-state index in [9.17, 15) is 9.59 Å². The van der Waals surface area contributed by atoms with Crippen molar-refractivity contribution >= 4 is 17.7 Å². The van der Waals surface area contributed by atoms with Crippen LogP contribution >= 0.6 is 0 Å². The van der Waals surface area contributed by atoms with Crippen molar-refractivity contribution in [2.45, 2.75) is 6.42 Å². The second-order valence-corrected chi connectivity index (χ2v) is 3.87. The molecule has 1 heterocycles. The first-order valence-electron chi connectivity index (χ1n) is 5.63. The zero-order valence-electron chi connectivity index (χ0n) is 10.1. The minimum absolute atomic E-state index is 0.172. The molecule has 94 valence electrons. The smallest absolute Gasteiger partial charge is 0.337 e. The summed E-state index contributed by atoms with van der Waals surface area (Å²) >= 11 is 0. The number of urea groups is 1. The zero-order valence-corrected chi connectivity index (χ0v) is 10.1. The summed E-state index contributed by atoms with van der Waals surface area (Å²) in [5.41, 5.74) is 1.10. The number of ether oxygens (including phenoxy) is 1. The predicted octanol–water partition coefficient (Wildman–Crippen LogP) is 2.22. The standard InChI is InChI=1S/C13H14N2O3/c1-18-12(16)10-4-6-11(7-5-10)14-13(17)15-8-2-3-9-15/h2,4-8H,3,9H2,1H3,(H,14,17). The highest BCUT2D eigenvalue weighted by molar-refractivity contribution is 5.92. The van der Waals surface area contributed by atoms with E-state index in [1.54, 1.807) is 35.4 Å². The number of carbonyl (C=O) groups excluding carboxylic acids is 2. The fraction of sp³-hybridized carbons (Fsp3) is 0.231. The van der Waals surface area contributed by atoms with Crippen LogP contribution in [0.1, 0.15) is 16.8 Å². The summed E-state index contributed by atoms with van der Waals surface area (Å²) in [6, 6.07) is 6.39. The van der Waals surface area contributed by atoms with E-state index in [1.807, 2.05) is 6.08 Å². The highest BCUT2D eigenvalue weighted by atomic mass is 16.5. The van der Waals surface area contributed by atoms with E-state index in [2.05, 4.69) is 10.1 Å². The molecule has 0 fully saturated rings. The van der Waals surface area contributed by atoms with Crippen molar-refractivity contribution in [3.63, 3.8) is 0 Å². The third-order valence-corrected chi connectivity index (χ3v) is 2.64. The number of nitrogens with one attached hydrogen (secondary N) is 1. The number of benzene rings is 1. The number of methoxy groups -OCH3 is 1. The number of hydrogen-bond donors (Lipinski definition) is 1. The Morgan fingerprint density at radius 3 is 2.56 bits per heavy atom. The zero-order chi connectivity index (χ0) is 13.0. The van der Waals surface area contributed by atoms with Crippen LogP contribution < -0.4 is 5.32 Å². The van der Waals surface area contributed by atoms with Crippen molar-refractivity contribution in [2.24, 2.45) is 0 Å². The first-order chi connectivity index (χ1) is 8.70. The van der Waals surface area contributed by atoms with Gasteiger partial charge in [0.05, 0.1) is 12.7 Å². The third-order valence-electron chi connectivity index (χ3n) is 2.64. The van der Waals surface area contributed by atoms with Gasteiger partial charge in [-0.05, 0) is 30.7 Å². The fourth-order valence-electron chi connectivity index (χ4n) is 1.66. The van der Waals surface area contributed by atoms with E-state index in [4.69, 9.17) is 0 Å². The van der Waals surface area contributed by atoms with Crippen molar-refractivity contribution in [2.75, 3.05) is 19.0 Å². The lowest BCUT2D eigenvalue weighted by atomic mass is 10.2. The molecule has 18 heavy (non-hydrogen) atoms. The molecule has 0 spiro atoms. The predicted molar refractivity (Wildman–Crippen MR) is 67.3 cm³/mol. The van der Waals surface area contributed by atoms with Gasteiger partial charge in [0.15, 0.2) is 0 Å². The molecule has 0 saturated heterocycles. The lowest BCUT2D eigenvalue weighted by molar-refractivity contribution is 0.0601. The summed E-state index contributed by atoms with van der Waals surface area (Å²) in [7, 11) is 1.33. The Morgan fingerprint density at radius 1 is 1.28 bits per heavy atom. The lowest BCUT2D eigenvalue weighted by Crippen LogP contribution is -2.28. The fourth-order valence-corrected chi connectivity index (χ4v) is 1.66. The molecule has 0 atom stereocenters. The maximum Gasteiger partial charge on any atom is 0.337 e. The minimum Gasteiger partial charge on any atom is -0.465 e. The molecular formula is C13H14N2O3. The minimum atomic E-state index is -0.393. The SMILES string of the molecule is COC(=O)c1ccc(NC(=O)N2C=CCC2)cc1. The van der Waals surface area contributed by atoms with Gasteiger partial charge in [-0.15, -0.1) is 0 Å². The number of hydrogen-bond acceptors (Lipinski definition) is 3. The second-order valence-electron chi connectivity index (χ2n) is 3.87. The Balaban J connectivity index is 1.99. The van der Waals surface area contributed by atoms with Gasteiger partial charge in [0.25, 0.3) is 0 Å². The topological polar surface area (TPSA) is 58.6 Å². The lowest BCUT2D eigenvalue weighted by Gasteiger charge is -2.14. The monoisotopic (exact) mass is 246 g/mol. The highest BCUT2D eigenvalue weighted by Crippen LogP contribution is 2.12. The van der Waals surface area contributed by atoms with E-state index in [1.165, 1.54) is 7.11 Å². The normalized spacial score (nSPS) is 13.5. The number of carbonyl (C=O) groups is 2. The van der Waals surface area contributed by atoms with Crippen LogP contribution in [-0.4, -0.2) is 30.6 Å². The molecule has 1 aromatic carbocycles. The molecule has 1 aromatic rings. The van der Waals surface area contributed by atoms with Crippen molar-refractivity contribution in [3.05, 3.63) is 42.1 Å². The average molecular weight is 246 g/mol. The highest BCUT2D eigenvalue weighted by Gasteiger charge is 2.13. The van der Waals surface area contributed by atoms with Crippen molar-refractivity contribution in [1.29, 1.82) is 0 Å². The largest absolute Gasteiger partial charge is 0.465 e. The van der Waals surface area contributed by atoms with Crippen LogP contribution in [-0.2, 0) is 4.74 Å². The van der Waals surface area contributed by atoms with Crippen LogP contribution in [0, 0.1) is 0 Å². The molecule has 5 nitrogen and oxygen atoms in total. The number of anilines is 1. The van der Waals surface area contributed by atoms with Crippen LogP contribution in [0.15, 0.2) is 36.5 Å². The summed E-state index contributed by atoms with van der Waals surface area (Å²) in [5, 5.41) is 2.75. The first kappa shape index (κ1) is 12.2. The Morgan fingerprint density at radius 2 is 2.00 bits per heavy atom. The average Bonchev–Trinajstić information content (AvgIpc) is 2.92. The Bertz CT molecular complexity index is 480. The van der Waals surface area contributed by atoms with E-state index >= 15 is 0 Å². The van der Waals surface area contributed by atoms with Crippen LogP contribution in [0.4, 0.5) is 10.5 Å². The van der Waals surface area contributed by atoms with Gasteiger partial charge >= 0.3 is 12.0 Å². The van der Waals surface area contributed by atoms with Gasteiger partial charge in [-0.25, -0.2) is 9.59 Å². The third kappa shape index (κ3) is 2.68. The summed E-state index contributed by atoms with van der Waals surface area (Å²) in [6.45, 7) is 0.700. The molecule has 0 aliphatic carbocycles. The summed E-state index contributed by atoms with van der Waals surface area (Å²) < 4.78 is 4.59. The maximum absolute atomic E-state index is 11.8. The number of esters is 1. The summed E-state index contributed by atoms with van der Waals surface area (Å²) in [6.07, 6.45) is 4.59. The number of rotatable bonds is 2. The quantitative estimate of drug-likeness (QED) is 0.814. The molecule has 1 aliphatic heterocycles. The van der Waals surface area contributed by atoms with Crippen molar-refractivity contribution < 1.29 is 14.3 Å². The van der Waals surface area contributed by atoms with Gasteiger partial charge in [-0.2, -0.15) is 0 Å². The van der Waals surface area contributed by atoms with Gasteiger partial charge in [-0.1, -0.05) is 6.08 Å². The van der Waals surface area contributed by atoms with Crippen LogP contribution in [0.25, 0.3) is 0 Å². The van der Waals surface area contributed by atoms with Crippen molar-refractivity contribution in [1.82, 2.24) is 4.90 Å². The van der Waals surface area contributed by atoms with E-state index < -0.39 is 5.97 Å². The number of amides is 2. The molecule has 5 heteroatoms. The molecule has 2 rings (SSSR count). The summed E-state index contributed by atoms with van der Waals surface area (Å²) in [5.74, 6) is -0.393. The molecule has 0 unspecified atom stereocenters. The van der Waals surface area contributed by atoms with Gasteiger partial charge in [0.1, 0.15) is 0 Å². The molecule has 0 bridgehead atoms. The van der Waals surface area contributed by atoms with Crippen LogP contribution in [0.5, 0.6) is 0 Å². The molecule has 0 aromatic heterocycles. The molecular weight excluding hydrogens is 232 g/mol. The van der Waals surface area contributed by atoms with E-state index in [-0.39, 0.29) is 6.03 Å². The molecule has 1 N–H and O–H groups in total.